The quantitative estimate of drug-likeness (QED) is 0.446. The molecule has 0 saturated carbocycles. The molecule has 0 bridgehead atoms. The lowest BCUT2D eigenvalue weighted by Crippen LogP contribution is -2.37. The summed E-state index contributed by atoms with van der Waals surface area (Å²) in [6, 6.07) is 0. The van der Waals surface area contributed by atoms with Gasteiger partial charge < -0.3 is 19.7 Å². The molecular weight excluding hydrogens is 304 g/mol. The van der Waals surface area contributed by atoms with E-state index in [0.717, 1.165) is 0 Å². The van der Waals surface area contributed by atoms with Gasteiger partial charge in [-0.1, -0.05) is 52.4 Å². The van der Waals surface area contributed by atoms with E-state index in [1.807, 2.05) is 0 Å². The molecule has 0 atom stereocenters. The Hall–Kier alpha value is -0.160. The molecule has 2 N–H and O–H groups in total. The van der Waals surface area contributed by atoms with E-state index >= 15 is 0 Å². The Morgan fingerprint density at radius 3 is 1.33 bits per heavy atom. The number of hydrogen-bond acceptors (Lipinski definition) is 4. The van der Waals surface area contributed by atoms with Crippen LogP contribution in [0.3, 0.4) is 0 Å². The summed E-state index contributed by atoms with van der Waals surface area (Å²) in [4.78, 5) is 0. The molecule has 0 spiro atoms. The summed E-state index contributed by atoms with van der Waals surface area (Å²) in [5, 5.41) is 16.2. The van der Waals surface area contributed by atoms with Crippen LogP contribution in [0.4, 0.5) is 0 Å². The topological polar surface area (TPSA) is 58.9 Å². The van der Waals surface area contributed by atoms with E-state index in [1.54, 1.807) is 0 Å². The first-order valence-corrected chi connectivity index (χ1v) is 9.74. The van der Waals surface area contributed by atoms with Crippen LogP contribution in [-0.2, 0) is 9.47 Å². The lowest BCUT2D eigenvalue weighted by atomic mass is 9.95. The van der Waals surface area contributed by atoms with Crippen molar-refractivity contribution in [2.24, 2.45) is 0 Å². The van der Waals surface area contributed by atoms with Crippen LogP contribution in [0.5, 0.6) is 0 Å². The van der Waals surface area contributed by atoms with Gasteiger partial charge in [0.15, 0.2) is 0 Å². The predicted molar refractivity (Wildman–Crippen MR) is 103 cm³/mol. The van der Waals surface area contributed by atoms with Crippen LogP contribution in [-0.4, -0.2) is 47.8 Å². The minimum atomic E-state index is 0.0278. The molecule has 0 aromatic carbocycles. The zero-order chi connectivity index (χ0) is 18.9. The van der Waals surface area contributed by atoms with Crippen LogP contribution in [0.25, 0.3) is 0 Å². The fourth-order valence-corrected chi connectivity index (χ4v) is 2.68. The Morgan fingerprint density at radius 1 is 0.667 bits per heavy atom. The highest BCUT2D eigenvalue weighted by molar-refractivity contribution is 4.77. The minimum absolute atomic E-state index is 0.0278. The van der Waals surface area contributed by atoms with Crippen molar-refractivity contribution < 1.29 is 19.7 Å². The molecule has 0 fully saturated rings. The normalized spacial score (nSPS) is 12.0. The van der Waals surface area contributed by atoms with Gasteiger partial charge in [-0.2, -0.15) is 0 Å². The second-order valence-electron chi connectivity index (χ2n) is 7.60. The van der Waals surface area contributed by atoms with Crippen LogP contribution >= 0.6 is 0 Å². The molecule has 4 heteroatoms. The number of rotatable bonds is 14. The molecule has 24 heavy (non-hydrogen) atoms. The van der Waals surface area contributed by atoms with Crippen molar-refractivity contribution in [2.75, 3.05) is 26.4 Å². The van der Waals surface area contributed by atoms with Gasteiger partial charge in [-0.15, -0.1) is 0 Å². The molecule has 0 aromatic rings. The summed E-state index contributed by atoms with van der Waals surface area (Å²) in [5.41, 5.74) is 0.0652. The Bertz CT molecular complexity index is 228. The van der Waals surface area contributed by atoms with Gasteiger partial charge in [0.25, 0.3) is 0 Å². The van der Waals surface area contributed by atoms with Crippen molar-refractivity contribution in [1.82, 2.24) is 0 Å². The molecule has 0 radical (unpaired) electrons. The van der Waals surface area contributed by atoms with E-state index in [9.17, 15) is 0 Å². The SMILES string of the molecule is CCCCCC(C)(C)OC(C)(C)CCCCC.OCCOCCO. The fraction of sp³-hybridized carbons (Fsp3) is 1.00. The minimum Gasteiger partial charge on any atom is -0.394 e. The summed E-state index contributed by atoms with van der Waals surface area (Å²) in [6.45, 7) is 14.2. The molecule has 0 aliphatic heterocycles. The maximum absolute atomic E-state index is 8.09. The third-order valence-corrected chi connectivity index (χ3v) is 3.79. The van der Waals surface area contributed by atoms with Crippen LogP contribution in [0.15, 0.2) is 0 Å². The van der Waals surface area contributed by atoms with Crippen LogP contribution in [0.2, 0.25) is 0 Å². The van der Waals surface area contributed by atoms with E-state index in [1.165, 1.54) is 51.4 Å². The number of ether oxygens (including phenoxy) is 2. The third-order valence-electron chi connectivity index (χ3n) is 3.79. The van der Waals surface area contributed by atoms with Crippen molar-refractivity contribution in [3.8, 4) is 0 Å². The molecule has 148 valence electrons. The van der Waals surface area contributed by atoms with Crippen molar-refractivity contribution in [1.29, 1.82) is 0 Å². The summed E-state index contributed by atoms with van der Waals surface area (Å²) in [7, 11) is 0. The number of aliphatic hydroxyl groups excluding tert-OH is 2. The summed E-state index contributed by atoms with van der Waals surface area (Å²) < 4.78 is 11.0. The van der Waals surface area contributed by atoms with E-state index in [4.69, 9.17) is 14.9 Å². The smallest absolute Gasteiger partial charge is 0.0698 e. The van der Waals surface area contributed by atoms with E-state index in [2.05, 4.69) is 46.3 Å². The van der Waals surface area contributed by atoms with Gasteiger partial charge >= 0.3 is 0 Å². The predicted octanol–water partition coefficient (Wildman–Crippen LogP) is 4.71. The Labute approximate surface area is 150 Å². The third kappa shape index (κ3) is 19.9. The van der Waals surface area contributed by atoms with E-state index in [0.29, 0.717) is 13.2 Å². The molecule has 0 unspecified atom stereocenters. The highest BCUT2D eigenvalue weighted by Gasteiger charge is 2.28. The largest absolute Gasteiger partial charge is 0.394 e. The highest BCUT2D eigenvalue weighted by atomic mass is 16.5. The Morgan fingerprint density at radius 2 is 1.04 bits per heavy atom. The van der Waals surface area contributed by atoms with Gasteiger partial charge in [0.1, 0.15) is 0 Å². The zero-order valence-corrected chi connectivity index (χ0v) is 17.2. The summed E-state index contributed by atoms with van der Waals surface area (Å²) in [5.74, 6) is 0. The van der Waals surface area contributed by atoms with Gasteiger partial charge in [-0.05, 0) is 40.5 Å². The van der Waals surface area contributed by atoms with Crippen LogP contribution in [0, 0.1) is 0 Å². The first-order chi connectivity index (χ1) is 11.2. The summed E-state index contributed by atoms with van der Waals surface area (Å²) in [6.07, 6.45) is 10.2. The van der Waals surface area contributed by atoms with Crippen molar-refractivity contribution in [2.45, 2.75) is 104 Å². The molecule has 0 aromatic heterocycles. The monoisotopic (exact) mass is 348 g/mol. The fourth-order valence-electron chi connectivity index (χ4n) is 2.68. The number of hydrogen-bond donors (Lipinski definition) is 2. The van der Waals surface area contributed by atoms with Crippen molar-refractivity contribution >= 4 is 0 Å². The first kappa shape index (κ1) is 26.1. The molecular formula is C20H44O4. The first-order valence-electron chi connectivity index (χ1n) is 9.74. The van der Waals surface area contributed by atoms with E-state index in [-0.39, 0.29) is 24.4 Å². The average molecular weight is 349 g/mol. The Balaban J connectivity index is 0. The molecule has 4 nitrogen and oxygen atoms in total. The molecule has 0 aliphatic carbocycles. The van der Waals surface area contributed by atoms with Crippen molar-refractivity contribution in [3.05, 3.63) is 0 Å². The molecule has 0 aliphatic rings. The van der Waals surface area contributed by atoms with Gasteiger partial charge in [0.2, 0.25) is 0 Å². The zero-order valence-electron chi connectivity index (χ0n) is 17.2. The molecule has 0 amide bonds. The van der Waals surface area contributed by atoms with Crippen molar-refractivity contribution in [3.63, 3.8) is 0 Å². The standard InChI is InChI=1S/C16H34O.C4H10O3/c1-7-9-11-13-15(3,4)17-16(5,6)14-12-10-8-2;5-1-3-7-4-2-6/h7-14H2,1-6H3;5-6H,1-4H2. The van der Waals surface area contributed by atoms with Gasteiger partial charge in [-0.3, -0.25) is 0 Å². The molecule has 0 heterocycles. The van der Waals surface area contributed by atoms with Crippen LogP contribution in [0.1, 0.15) is 92.9 Å². The summed E-state index contributed by atoms with van der Waals surface area (Å²) >= 11 is 0. The lowest BCUT2D eigenvalue weighted by molar-refractivity contribution is -0.130. The lowest BCUT2D eigenvalue weighted by Gasteiger charge is -2.36. The van der Waals surface area contributed by atoms with Gasteiger partial charge in [0, 0.05) is 0 Å². The average Bonchev–Trinajstić information content (AvgIpc) is 2.47. The van der Waals surface area contributed by atoms with Crippen LogP contribution < -0.4 is 0 Å². The molecule has 0 rings (SSSR count). The maximum atomic E-state index is 8.09. The second-order valence-corrected chi connectivity index (χ2v) is 7.60. The molecule has 0 saturated heterocycles. The number of aliphatic hydroxyl groups is 2. The van der Waals surface area contributed by atoms with Gasteiger partial charge in [0.05, 0.1) is 37.6 Å². The highest BCUT2D eigenvalue weighted by Crippen LogP contribution is 2.28. The number of unbranched alkanes of at least 4 members (excludes halogenated alkanes) is 4. The maximum Gasteiger partial charge on any atom is 0.0698 e. The Kier molecular flexibility index (Phi) is 17.7. The van der Waals surface area contributed by atoms with E-state index < -0.39 is 0 Å². The van der Waals surface area contributed by atoms with Gasteiger partial charge in [-0.25, -0.2) is 0 Å². The second kappa shape index (κ2) is 16.3.